The second-order valence-electron chi connectivity index (χ2n) is 5.18. The van der Waals surface area contributed by atoms with E-state index in [1.165, 1.54) is 0 Å². The second kappa shape index (κ2) is 6.21. The van der Waals surface area contributed by atoms with Crippen molar-refractivity contribution in [1.29, 1.82) is 0 Å². The lowest BCUT2D eigenvalue weighted by molar-refractivity contribution is -0.142. The van der Waals surface area contributed by atoms with E-state index in [0.29, 0.717) is 13.1 Å². The number of carbonyl (C=O) groups is 2. The normalized spacial score (nSPS) is 29.0. The van der Waals surface area contributed by atoms with Gasteiger partial charge in [0.2, 0.25) is 0 Å². The molecule has 108 valence electrons. The van der Waals surface area contributed by atoms with Gasteiger partial charge in [0.1, 0.15) is 5.92 Å². The Hall–Kier alpha value is -1.34. The number of carboxylic acid groups (broad SMARTS) is 1. The van der Waals surface area contributed by atoms with Crippen molar-refractivity contribution in [3.63, 3.8) is 0 Å². The highest BCUT2D eigenvalue weighted by molar-refractivity contribution is 5.77. The Morgan fingerprint density at radius 1 is 1.21 bits per heavy atom. The van der Waals surface area contributed by atoms with Gasteiger partial charge in [0, 0.05) is 19.6 Å². The zero-order valence-electron chi connectivity index (χ0n) is 11.2. The van der Waals surface area contributed by atoms with Gasteiger partial charge in [0.15, 0.2) is 0 Å². The van der Waals surface area contributed by atoms with E-state index >= 15 is 0 Å². The van der Waals surface area contributed by atoms with Gasteiger partial charge in [0.25, 0.3) is 0 Å². The first kappa shape index (κ1) is 14.1. The molecule has 0 spiro atoms. The molecule has 0 aromatic rings. The predicted molar refractivity (Wildman–Crippen MR) is 68.0 cm³/mol. The summed E-state index contributed by atoms with van der Waals surface area (Å²) in [5.41, 5.74) is 0. The summed E-state index contributed by atoms with van der Waals surface area (Å²) in [5, 5.41) is 11.8. The summed E-state index contributed by atoms with van der Waals surface area (Å²) < 4.78 is 5.14. The van der Waals surface area contributed by atoms with Crippen LogP contribution in [0.3, 0.4) is 0 Å². The van der Waals surface area contributed by atoms with Crippen LogP contribution in [0.4, 0.5) is 4.79 Å². The molecule has 0 aromatic carbocycles. The number of ether oxygens (including phenoxy) is 1. The fourth-order valence-electron chi connectivity index (χ4n) is 2.44. The molecule has 2 aliphatic rings. The van der Waals surface area contributed by atoms with Crippen LogP contribution < -0.4 is 5.32 Å². The largest absolute Gasteiger partial charge is 0.481 e. The van der Waals surface area contributed by atoms with Crippen LogP contribution in [0.2, 0.25) is 0 Å². The van der Waals surface area contributed by atoms with Gasteiger partial charge in [-0.3, -0.25) is 4.79 Å². The minimum absolute atomic E-state index is 0.170. The molecule has 2 atom stereocenters. The molecule has 7 heteroatoms. The Balaban J connectivity index is 1.88. The third-order valence-corrected chi connectivity index (χ3v) is 3.71. The van der Waals surface area contributed by atoms with E-state index in [9.17, 15) is 9.59 Å². The molecule has 0 saturated carbocycles. The van der Waals surface area contributed by atoms with Gasteiger partial charge >= 0.3 is 12.0 Å². The molecule has 2 unspecified atom stereocenters. The number of likely N-dealkylation sites (N-methyl/N-ethyl adjacent to an activating group) is 1. The molecule has 2 rings (SSSR count). The van der Waals surface area contributed by atoms with Gasteiger partial charge in [-0.25, -0.2) is 4.79 Å². The lowest BCUT2D eigenvalue weighted by atomic mass is 10.0. The number of carbonyl (C=O) groups excluding carboxylic acids is 1. The van der Waals surface area contributed by atoms with E-state index < -0.39 is 17.9 Å². The number of aliphatic carboxylic acids is 1. The van der Waals surface area contributed by atoms with Crippen LogP contribution in [0, 0.1) is 5.92 Å². The maximum Gasteiger partial charge on any atom is 0.317 e. The Morgan fingerprint density at radius 3 is 2.74 bits per heavy atom. The minimum Gasteiger partial charge on any atom is -0.481 e. The van der Waals surface area contributed by atoms with E-state index in [0.717, 1.165) is 19.5 Å². The van der Waals surface area contributed by atoms with Crippen molar-refractivity contribution in [2.45, 2.75) is 12.5 Å². The molecule has 0 aromatic heterocycles. The van der Waals surface area contributed by atoms with Crippen molar-refractivity contribution in [2.24, 2.45) is 5.92 Å². The number of rotatable bonds is 2. The minimum atomic E-state index is -0.918. The Bertz CT molecular complexity index is 350. The first-order chi connectivity index (χ1) is 9.08. The van der Waals surface area contributed by atoms with Crippen LogP contribution in [0.1, 0.15) is 6.42 Å². The van der Waals surface area contributed by atoms with E-state index in [1.807, 2.05) is 7.05 Å². The molecule has 2 fully saturated rings. The van der Waals surface area contributed by atoms with Crippen molar-refractivity contribution in [2.75, 3.05) is 46.4 Å². The molecule has 7 nitrogen and oxygen atoms in total. The molecule has 2 aliphatic heterocycles. The highest BCUT2D eigenvalue weighted by atomic mass is 16.5. The number of amides is 2. The lowest BCUT2D eigenvalue weighted by Crippen LogP contribution is -2.49. The highest BCUT2D eigenvalue weighted by Gasteiger charge is 2.35. The Morgan fingerprint density at radius 2 is 2.00 bits per heavy atom. The van der Waals surface area contributed by atoms with E-state index in [-0.39, 0.29) is 19.2 Å². The maximum atomic E-state index is 12.1. The van der Waals surface area contributed by atoms with Crippen LogP contribution in [-0.2, 0) is 9.53 Å². The number of hydrogen-bond acceptors (Lipinski definition) is 4. The van der Waals surface area contributed by atoms with Gasteiger partial charge in [-0.15, -0.1) is 0 Å². The van der Waals surface area contributed by atoms with Crippen molar-refractivity contribution >= 4 is 12.0 Å². The van der Waals surface area contributed by atoms with Crippen molar-refractivity contribution in [3.8, 4) is 0 Å². The highest BCUT2D eigenvalue weighted by Crippen LogP contribution is 2.14. The average molecular weight is 271 g/mol. The first-order valence-corrected chi connectivity index (χ1v) is 6.62. The smallest absolute Gasteiger partial charge is 0.317 e. The Kier molecular flexibility index (Phi) is 4.60. The molecule has 2 heterocycles. The van der Waals surface area contributed by atoms with Crippen molar-refractivity contribution in [3.05, 3.63) is 0 Å². The molecule has 2 saturated heterocycles. The van der Waals surface area contributed by atoms with Crippen molar-refractivity contribution in [1.82, 2.24) is 15.1 Å². The summed E-state index contributed by atoms with van der Waals surface area (Å²) in [6.07, 6.45) is 0.938. The molecule has 2 N–H and O–H groups in total. The van der Waals surface area contributed by atoms with Gasteiger partial charge in [0.05, 0.1) is 19.3 Å². The fraction of sp³-hybridized carbons (Fsp3) is 0.833. The number of carboxylic acids is 1. The number of urea groups is 1. The third-order valence-electron chi connectivity index (χ3n) is 3.71. The third kappa shape index (κ3) is 3.57. The van der Waals surface area contributed by atoms with Gasteiger partial charge in [-0.2, -0.15) is 0 Å². The summed E-state index contributed by atoms with van der Waals surface area (Å²) in [7, 11) is 2.03. The molecule has 2 amide bonds. The molecular weight excluding hydrogens is 250 g/mol. The summed E-state index contributed by atoms with van der Waals surface area (Å²) in [5.74, 6) is -1.56. The summed E-state index contributed by atoms with van der Waals surface area (Å²) in [6, 6.07) is -0.608. The van der Waals surface area contributed by atoms with Crippen LogP contribution in [0.5, 0.6) is 0 Å². The number of nitrogens with one attached hydrogen (secondary N) is 1. The van der Waals surface area contributed by atoms with Gasteiger partial charge in [-0.1, -0.05) is 0 Å². The molecule has 0 radical (unpaired) electrons. The Labute approximate surface area is 112 Å². The zero-order chi connectivity index (χ0) is 13.8. The summed E-state index contributed by atoms with van der Waals surface area (Å²) >= 11 is 0. The predicted octanol–water partition coefficient (Wildman–Crippen LogP) is -0.567. The topological polar surface area (TPSA) is 82.1 Å². The average Bonchev–Trinajstić information content (AvgIpc) is 2.70. The van der Waals surface area contributed by atoms with Crippen LogP contribution >= 0.6 is 0 Å². The van der Waals surface area contributed by atoms with Crippen LogP contribution in [0.15, 0.2) is 0 Å². The van der Waals surface area contributed by atoms with Crippen molar-refractivity contribution < 1.29 is 19.4 Å². The number of nitrogens with zero attached hydrogens (tertiary/aromatic N) is 2. The van der Waals surface area contributed by atoms with Gasteiger partial charge in [-0.05, 0) is 20.0 Å². The van der Waals surface area contributed by atoms with Crippen LogP contribution in [0.25, 0.3) is 0 Å². The van der Waals surface area contributed by atoms with E-state index in [1.54, 1.807) is 4.90 Å². The standard InChI is InChI=1S/C12H21N3O4/c1-14-3-2-4-15(6-5-14)12(18)13-10-8-19-7-9(10)11(16)17/h9-10H,2-8H2,1H3,(H,13,18)(H,16,17). The van der Waals surface area contributed by atoms with Crippen LogP contribution in [-0.4, -0.2) is 79.4 Å². The molecule has 0 aliphatic carbocycles. The molecular formula is C12H21N3O4. The first-order valence-electron chi connectivity index (χ1n) is 6.62. The fourth-order valence-corrected chi connectivity index (χ4v) is 2.44. The van der Waals surface area contributed by atoms with E-state index in [4.69, 9.17) is 9.84 Å². The van der Waals surface area contributed by atoms with Gasteiger partial charge < -0.3 is 25.0 Å². The number of hydrogen-bond donors (Lipinski definition) is 2. The SMILES string of the molecule is CN1CCCN(C(=O)NC2COCC2C(=O)O)CC1. The quantitative estimate of drug-likeness (QED) is 0.703. The molecule has 19 heavy (non-hydrogen) atoms. The van der Waals surface area contributed by atoms with E-state index in [2.05, 4.69) is 10.2 Å². The summed E-state index contributed by atoms with van der Waals surface area (Å²) in [6.45, 7) is 3.65. The zero-order valence-corrected chi connectivity index (χ0v) is 11.2. The summed E-state index contributed by atoms with van der Waals surface area (Å²) in [4.78, 5) is 27.1. The second-order valence-corrected chi connectivity index (χ2v) is 5.18. The monoisotopic (exact) mass is 271 g/mol. The lowest BCUT2D eigenvalue weighted by Gasteiger charge is -2.24. The maximum absolute atomic E-state index is 12.1. The molecule has 0 bridgehead atoms.